The minimum Gasteiger partial charge on any atom is -0.380 e. The summed E-state index contributed by atoms with van der Waals surface area (Å²) >= 11 is 0. The number of carbonyl (C=O) groups excluding carboxylic acids is 1. The summed E-state index contributed by atoms with van der Waals surface area (Å²) in [6.45, 7) is 0.830. The quantitative estimate of drug-likeness (QED) is 0.866. The smallest absolute Gasteiger partial charge is 0.380 e. The van der Waals surface area contributed by atoms with Crippen molar-refractivity contribution in [3.8, 4) is 0 Å². The summed E-state index contributed by atoms with van der Waals surface area (Å²) in [6.07, 6.45) is 1.31. The summed E-state index contributed by atoms with van der Waals surface area (Å²) in [5, 5.41) is 10.6. The molecule has 2 heterocycles. The average Bonchev–Trinajstić information content (AvgIpc) is 3.05. The number of halogens is 3. The number of piperidine rings is 1. The van der Waals surface area contributed by atoms with Crippen LogP contribution < -0.4 is 0 Å². The van der Waals surface area contributed by atoms with E-state index in [-0.39, 0.29) is 17.6 Å². The third-order valence-corrected chi connectivity index (χ3v) is 5.07. The summed E-state index contributed by atoms with van der Waals surface area (Å²) in [5.41, 5.74) is -2.17. The van der Waals surface area contributed by atoms with E-state index < -0.39 is 17.5 Å². The van der Waals surface area contributed by atoms with E-state index in [1.807, 2.05) is 0 Å². The first-order valence-electron chi connectivity index (χ1n) is 8.43. The van der Waals surface area contributed by atoms with E-state index in [1.165, 1.54) is 0 Å². The number of hydrogen-bond donors (Lipinski definition) is 2. The summed E-state index contributed by atoms with van der Waals surface area (Å²) in [5.74, 6) is -0.282. The van der Waals surface area contributed by atoms with Gasteiger partial charge in [-0.2, -0.15) is 13.2 Å². The monoisotopic (exact) mass is 345 g/mol. The molecule has 0 bridgehead atoms. The van der Waals surface area contributed by atoms with Crippen LogP contribution in [0.15, 0.2) is 6.20 Å². The molecule has 1 aromatic rings. The van der Waals surface area contributed by atoms with E-state index in [9.17, 15) is 23.1 Å². The van der Waals surface area contributed by atoms with Gasteiger partial charge in [-0.15, -0.1) is 0 Å². The zero-order chi connectivity index (χ0) is 17.4. The number of aromatic amines is 1. The van der Waals surface area contributed by atoms with Crippen molar-refractivity contribution < 1.29 is 23.1 Å². The van der Waals surface area contributed by atoms with Gasteiger partial charge in [0, 0.05) is 19.0 Å². The fourth-order valence-corrected chi connectivity index (χ4v) is 3.72. The third-order valence-electron chi connectivity index (χ3n) is 5.07. The molecule has 1 atom stereocenters. The Bertz CT molecular complexity index is 594. The summed E-state index contributed by atoms with van der Waals surface area (Å²) in [6, 6.07) is 0. The molecule has 0 radical (unpaired) electrons. The second-order valence-corrected chi connectivity index (χ2v) is 6.86. The van der Waals surface area contributed by atoms with Gasteiger partial charge in [0.15, 0.2) is 0 Å². The highest BCUT2D eigenvalue weighted by Crippen LogP contribution is 2.34. The first kappa shape index (κ1) is 17.3. The van der Waals surface area contributed by atoms with Crippen LogP contribution in [0.2, 0.25) is 0 Å². The Morgan fingerprint density at radius 1 is 1.29 bits per heavy atom. The van der Waals surface area contributed by atoms with Gasteiger partial charge in [-0.1, -0.05) is 19.3 Å². The molecule has 1 saturated carbocycles. The molecule has 2 fully saturated rings. The van der Waals surface area contributed by atoms with Gasteiger partial charge in [-0.05, 0) is 25.7 Å². The summed E-state index contributed by atoms with van der Waals surface area (Å²) in [7, 11) is 0. The zero-order valence-electron chi connectivity index (χ0n) is 13.4. The number of carbonyl (C=O) groups is 1. The Morgan fingerprint density at radius 3 is 2.62 bits per heavy atom. The van der Waals surface area contributed by atoms with Gasteiger partial charge < -0.3 is 15.0 Å². The Kier molecular flexibility index (Phi) is 4.59. The lowest BCUT2D eigenvalue weighted by Gasteiger charge is -2.39. The number of aromatic nitrogens is 2. The second kappa shape index (κ2) is 6.38. The molecule has 2 aliphatic rings. The third kappa shape index (κ3) is 3.43. The van der Waals surface area contributed by atoms with Crippen molar-refractivity contribution in [3.63, 3.8) is 0 Å². The first-order chi connectivity index (χ1) is 11.3. The fraction of sp³-hybridized carbons (Fsp3) is 0.750. The van der Waals surface area contributed by atoms with Gasteiger partial charge in [0.1, 0.15) is 17.1 Å². The molecule has 1 saturated heterocycles. The Labute approximate surface area is 138 Å². The first-order valence-corrected chi connectivity index (χ1v) is 8.43. The lowest BCUT2D eigenvalue weighted by atomic mass is 9.83. The number of likely N-dealkylation sites (tertiary alicyclic amines) is 1. The maximum atomic E-state index is 12.7. The van der Waals surface area contributed by atoms with E-state index in [4.69, 9.17) is 0 Å². The van der Waals surface area contributed by atoms with Gasteiger partial charge in [0.2, 0.25) is 0 Å². The number of amides is 1. The van der Waals surface area contributed by atoms with Gasteiger partial charge >= 0.3 is 6.18 Å². The van der Waals surface area contributed by atoms with Crippen molar-refractivity contribution >= 4 is 5.91 Å². The SMILES string of the molecule is O=C(N1CCC[C@@H](c2ncc(C(F)(F)F)[nH]2)C1)C1(O)CCCCC1. The summed E-state index contributed by atoms with van der Waals surface area (Å²) < 4.78 is 38.1. The molecule has 3 rings (SSSR count). The molecule has 24 heavy (non-hydrogen) atoms. The number of H-pyrrole nitrogens is 1. The minimum absolute atomic E-state index is 0.258. The molecule has 1 amide bonds. The molecule has 1 aliphatic carbocycles. The topological polar surface area (TPSA) is 69.2 Å². The molecular weight excluding hydrogens is 323 g/mol. The molecule has 8 heteroatoms. The molecule has 134 valence electrons. The molecule has 0 unspecified atom stereocenters. The maximum Gasteiger partial charge on any atom is 0.432 e. The number of hydrogen-bond acceptors (Lipinski definition) is 3. The van der Waals surface area contributed by atoms with E-state index in [1.54, 1.807) is 4.90 Å². The highest BCUT2D eigenvalue weighted by Gasteiger charge is 2.42. The average molecular weight is 345 g/mol. The van der Waals surface area contributed by atoms with Gasteiger partial charge in [0.05, 0.1) is 6.20 Å². The van der Waals surface area contributed by atoms with Crippen molar-refractivity contribution in [2.24, 2.45) is 0 Å². The number of alkyl halides is 3. The van der Waals surface area contributed by atoms with Crippen molar-refractivity contribution in [2.45, 2.75) is 62.6 Å². The molecule has 1 aliphatic heterocycles. The van der Waals surface area contributed by atoms with Crippen molar-refractivity contribution in [2.75, 3.05) is 13.1 Å². The Morgan fingerprint density at radius 2 is 2.00 bits per heavy atom. The Balaban J connectivity index is 1.70. The van der Waals surface area contributed by atoms with E-state index in [0.717, 1.165) is 25.5 Å². The summed E-state index contributed by atoms with van der Waals surface area (Å²) in [4.78, 5) is 20.5. The van der Waals surface area contributed by atoms with Crippen LogP contribution in [0.25, 0.3) is 0 Å². The number of aliphatic hydroxyl groups is 1. The van der Waals surface area contributed by atoms with Crippen LogP contribution in [0.3, 0.4) is 0 Å². The molecule has 0 aromatic carbocycles. The lowest BCUT2D eigenvalue weighted by Crippen LogP contribution is -2.52. The van der Waals surface area contributed by atoms with Crippen LogP contribution >= 0.6 is 0 Å². The van der Waals surface area contributed by atoms with Crippen molar-refractivity contribution in [3.05, 3.63) is 17.7 Å². The maximum absolute atomic E-state index is 12.7. The van der Waals surface area contributed by atoms with Gasteiger partial charge in [-0.25, -0.2) is 4.98 Å². The largest absolute Gasteiger partial charge is 0.432 e. The van der Waals surface area contributed by atoms with Crippen LogP contribution in [0.4, 0.5) is 13.2 Å². The van der Waals surface area contributed by atoms with Crippen LogP contribution in [0.1, 0.15) is 62.4 Å². The Hall–Kier alpha value is -1.57. The van der Waals surface area contributed by atoms with Crippen LogP contribution in [0, 0.1) is 0 Å². The minimum atomic E-state index is -4.45. The van der Waals surface area contributed by atoms with Crippen molar-refractivity contribution in [1.82, 2.24) is 14.9 Å². The zero-order valence-corrected chi connectivity index (χ0v) is 13.4. The van der Waals surface area contributed by atoms with Gasteiger partial charge in [0.25, 0.3) is 5.91 Å². The number of imidazole rings is 1. The van der Waals surface area contributed by atoms with E-state index >= 15 is 0 Å². The van der Waals surface area contributed by atoms with E-state index in [0.29, 0.717) is 38.8 Å². The highest BCUT2D eigenvalue weighted by atomic mass is 19.4. The normalized spacial score (nSPS) is 24.8. The highest BCUT2D eigenvalue weighted by molar-refractivity contribution is 5.85. The van der Waals surface area contributed by atoms with E-state index in [2.05, 4.69) is 9.97 Å². The molecular formula is C16H22F3N3O2. The standard InChI is InChI=1S/C16H22F3N3O2/c17-16(18,19)12-9-20-13(21-12)11-5-4-8-22(10-11)14(23)15(24)6-2-1-3-7-15/h9,11,24H,1-8,10H2,(H,20,21)/t11-/m1/s1. The van der Waals surface area contributed by atoms with Crippen LogP contribution in [0.5, 0.6) is 0 Å². The number of rotatable bonds is 2. The van der Waals surface area contributed by atoms with Crippen LogP contribution in [-0.4, -0.2) is 44.6 Å². The number of nitrogens with one attached hydrogen (secondary N) is 1. The molecule has 0 spiro atoms. The number of nitrogens with zero attached hydrogens (tertiary/aromatic N) is 2. The molecule has 2 N–H and O–H groups in total. The second-order valence-electron chi connectivity index (χ2n) is 6.86. The van der Waals surface area contributed by atoms with Crippen LogP contribution in [-0.2, 0) is 11.0 Å². The molecule has 1 aromatic heterocycles. The fourth-order valence-electron chi connectivity index (χ4n) is 3.72. The lowest BCUT2D eigenvalue weighted by molar-refractivity contribution is -0.156. The van der Waals surface area contributed by atoms with Gasteiger partial charge in [-0.3, -0.25) is 4.79 Å². The van der Waals surface area contributed by atoms with Crippen molar-refractivity contribution in [1.29, 1.82) is 0 Å². The molecule has 5 nitrogen and oxygen atoms in total. The predicted octanol–water partition coefficient (Wildman–Crippen LogP) is 2.83. The predicted molar refractivity (Wildman–Crippen MR) is 80.2 cm³/mol.